The highest BCUT2D eigenvalue weighted by molar-refractivity contribution is 5.85. The average molecular weight is 305 g/mol. The summed E-state index contributed by atoms with van der Waals surface area (Å²) in [6.45, 7) is 0. The average Bonchev–Trinajstić information content (AvgIpc) is 2.44. The lowest BCUT2D eigenvalue weighted by Crippen LogP contribution is -2.16. The van der Waals surface area contributed by atoms with Gasteiger partial charge in [-0.2, -0.15) is 0 Å². The van der Waals surface area contributed by atoms with Gasteiger partial charge in [-0.25, -0.2) is 26.7 Å². The maximum atomic E-state index is 13.5. The van der Waals surface area contributed by atoms with E-state index < -0.39 is 57.4 Å². The number of rotatable bonds is 2. The van der Waals surface area contributed by atoms with Gasteiger partial charge in [0.1, 0.15) is 5.69 Å². The molecule has 0 aliphatic heterocycles. The summed E-state index contributed by atoms with van der Waals surface area (Å²) in [5.74, 6) is -12.7. The molecule has 0 radical (unpaired) electrons. The van der Waals surface area contributed by atoms with Crippen molar-refractivity contribution in [2.24, 2.45) is 0 Å². The summed E-state index contributed by atoms with van der Waals surface area (Å²) in [6, 6.07) is 1.41. The molecule has 0 saturated heterocycles. The second-order valence-electron chi connectivity index (χ2n) is 3.86. The topological polar surface area (TPSA) is 70.2 Å². The van der Waals surface area contributed by atoms with Gasteiger partial charge in [0, 0.05) is 0 Å². The van der Waals surface area contributed by atoms with E-state index in [1.54, 1.807) is 4.98 Å². The van der Waals surface area contributed by atoms with Crippen LogP contribution in [0.5, 0.6) is 0 Å². The van der Waals surface area contributed by atoms with Gasteiger partial charge in [-0.15, -0.1) is 0 Å². The second kappa shape index (κ2) is 5.00. The monoisotopic (exact) mass is 305 g/mol. The Kier molecular flexibility index (Phi) is 3.50. The molecule has 9 heteroatoms. The van der Waals surface area contributed by atoms with Gasteiger partial charge in [0.2, 0.25) is 5.82 Å². The fourth-order valence-corrected chi connectivity index (χ4v) is 1.64. The Bertz CT molecular complexity index is 786. The lowest BCUT2D eigenvalue weighted by molar-refractivity contribution is 0.0690. The Morgan fingerprint density at radius 2 is 1.38 bits per heavy atom. The Morgan fingerprint density at radius 3 is 1.81 bits per heavy atom. The number of aromatic amines is 1. The first kappa shape index (κ1) is 14.7. The lowest BCUT2D eigenvalue weighted by atomic mass is 10.0. The first-order valence-corrected chi connectivity index (χ1v) is 5.24. The van der Waals surface area contributed by atoms with E-state index in [0.29, 0.717) is 6.07 Å². The number of hydrogen-bond acceptors (Lipinski definition) is 2. The van der Waals surface area contributed by atoms with E-state index >= 15 is 0 Å². The molecule has 0 atom stereocenters. The fraction of sp³-hybridized carbons (Fsp3) is 0. The smallest absolute Gasteiger partial charge is 0.352 e. The van der Waals surface area contributed by atoms with Crippen LogP contribution in [-0.4, -0.2) is 16.1 Å². The van der Waals surface area contributed by atoms with Crippen LogP contribution in [0.1, 0.15) is 10.5 Å². The van der Waals surface area contributed by atoms with Crippen LogP contribution in [0.2, 0.25) is 0 Å². The van der Waals surface area contributed by atoms with Gasteiger partial charge in [0.05, 0.1) is 11.1 Å². The number of hydrogen-bond donors (Lipinski definition) is 2. The minimum Gasteiger partial charge on any atom is -0.477 e. The molecule has 0 unspecified atom stereocenters. The van der Waals surface area contributed by atoms with E-state index in [1.807, 2.05) is 0 Å². The van der Waals surface area contributed by atoms with Crippen molar-refractivity contribution in [2.45, 2.75) is 0 Å². The van der Waals surface area contributed by atoms with Crippen molar-refractivity contribution < 1.29 is 31.9 Å². The molecule has 110 valence electrons. The predicted molar refractivity (Wildman–Crippen MR) is 59.2 cm³/mol. The molecule has 0 bridgehead atoms. The summed E-state index contributed by atoms with van der Waals surface area (Å²) in [6.07, 6.45) is 0. The lowest BCUT2D eigenvalue weighted by Gasteiger charge is -2.08. The van der Waals surface area contributed by atoms with E-state index in [1.165, 1.54) is 0 Å². The number of halogens is 5. The highest BCUT2D eigenvalue weighted by Crippen LogP contribution is 2.29. The largest absolute Gasteiger partial charge is 0.477 e. The van der Waals surface area contributed by atoms with Crippen molar-refractivity contribution in [1.82, 2.24) is 4.98 Å². The van der Waals surface area contributed by atoms with E-state index in [-0.39, 0.29) is 0 Å². The van der Waals surface area contributed by atoms with E-state index in [0.717, 1.165) is 6.07 Å². The Morgan fingerprint density at radius 1 is 0.905 bits per heavy atom. The number of aromatic carboxylic acids is 1. The van der Waals surface area contributed by atoms with Gasteiger partial charge < -0.3 is 10.1 Å². The molecule has 0 amide bonds. The summed E-state index contributed by atoms with van der Waals surface area (Å²) < 4.78 is 66.1. The van der Waals surface area contributed by atoms with Gasteiger partial charge in [-0.1, -0.05) is 0 Å². The molecule has 0 fully saturated rings. The van der Waals surface area contributed by atoms with Gasteiger partial charge in [0.15, 0.2) is 23.3 Å². The van der Waals surface area contributed by atoms with E-state index in [9.17, 15) is 31.5 Å². The van der Waals surface area contributed by atoms with E-state index in [2.05, 4.69) is 0 Å². The molecule has 4 nitrogen and oxygen atoms in total. The third-order valence-corrected chi connectivity index (χ3v) is 2.62. The summed E-state index contributed by atoms with van der Waals surface area (Å²) in [4.78, 5) is 23.9. The molecule has 1 heterocycles. The number of pyridine rings is 1. The van der Waals surface area contributed by atoms with Crippen LogP contribution in [0.3, 0.4) is 0 Å². The predicted octanol–water partition coefficient (Wildman–Crippen LogP) is 2.44. The van der Waals surface area contributed by atoms with Crippen LogP contribution in [0.4, 0.5) is 22.0 Å². The first-order valence-electron chi connectivity index (χ1n) is 5.24. The molecule has 2 rings (SSSR count). The van der Waals surface area contributed by atoms with Crippen molar-refractivity contribution >= 4 is 5.97 Å². The fourth-order valence-electron chi connectivity index (χ4n) is 1.64. The zero-order chi connectivity index (χ0) is 15.9. The van der Waals surface area contributed by atoms with Gasteiger partial charge in [-0.3, -0.25) is 4.79 Å². The molecule has 2 N–H and O–H groups in total. The number of carbonyl (C=O) groups is 1. The van der Waals surface area contributed by atoms with Crippen molar-refractivity contribution in [3.63, 3.8) is 0 Å². The van der Waals surface area contributed by atoms with Crippen molar-refractivity contribution in [3.05, 3.63) is 57.3 Å². The SMILES string of the molecule is O=C(O)c1ccc(-c2c(F)c(F)c(F)c(F)c2F)c(=O)[nH]1. The minimum absolute atomic E-state index is 0.604. The number of carboxylic acids is 1. The van der Waals surface area contributed by atoms with Crippen LogP contribution in [0.15, 0.2) is 16.9 Å². The Balaban J connectivity index is 2.80. The molecular formula is C12H4F5NO3. The molecule has 0 spiro atoms. The zero-order valence-electron chi connectivity index (χ0n) is 9.81. The van der Waals surface area contributed by atoms with Gasteiger partial charge >= 0.3 is 5.97 Å². The van der Waals surface area contributed by atoms with E-state index in [4.69, 9.17) is 5.11 Å². The Hall–Kier alpha value is -2.71. The zero-order valence-corrected chi connectivity index (χ0v) is 9.81. The summed E-state index contributed by atoms with van der Waals surface area (Å²) in [5, 5.41) is 8.62. The molecule has 0 saturated carbocycles. The maximum absolute atomic E-state index is 13.5. The standard InChI is InChI=1S/C12H4F5NO3/c13-6-5(7(14)9(16)10(17)8(6)15)3-1-2-4(12(20)21)18-11(3)19/h1-2H,(H,18,19)(H,20,21). The van der Waals surface area contributed by atoms with Gasteiger partial charge in [0.25, 0.3) is 5.56 Å². The molecule has 0 aliphatic carbocycles. The van der Waals surface area contributed by atoms with Crippen molar-refractivity contribution in [3.8, 4) is 11.1 Å². The molecule has 2 aromatic rings. The summed E-state index contributed by atoms with van der Waals surface area (Å²) >= 11 is 0. The first-order chi connectivity index (χ1) is 9.75. The number of nitrogens with one attached hydrogen (secondary N) is 1. The molecule has 1 aromatic carbocycles. The maximum Gasteiger partial charge on any atom is 0.352 e. The summed E-state index contributed by atoms with van der Waals surface area (Å²) in [5.41, 5.74) is -4.22. The molecular weight excluding hydrogens is 301 g/mol. The van der Waals surface area contributed by atoms with Crippen LogP contribution in [0.25, 0.3) is 11.1 Å². The Labute approximate surface area is 112 Å². The number of H-pyrrole nitrogens is 1. The van der Waals surface area contributed by atoms with Crippen LogP contribution in [0, 0.1) is 29.1 Å². The van der Waals surface area contributed by atoms with Crippen LogP contribution >= 0.6 is 0 Å². The second-order valence-corrected chi connectivity index (χ2v) is 3.86. The van der Waals surface area contributed by atoms with Crippen molar-refractivity contribution in [1.29, 1.82) is 0 Å². The third-order valence-electron chi connectivity index (χ3n) is 2.62. The number of aromatic nitrogens is 1. The highest BCUT2D eigenvalue weighted by Gasteiger charge is 2.28. The molecule has 21 heavy (non-hydrogen) atoms. The normalized spacial score (nSPS) is 10.7. The minimum atomic E-state index is -2.35. The quantitative estimate of drug-likeness (QED) is 0.508. The number of carboxylic acid groups (broad SMARTS) is 1. The third kappa shape index (κ3) is 2.26. The number of benzene rings is 1. The molecule has 1 aromatic heterocycles. The molecule has 0 aliphatic rings. The van der Waals surface area contributed by atoms with Crippen molar-refractivity contribution in [2.75, 3.05) is 0 Å². The van der Waals surface area contributed by atoms with Crippen LogP contribution < -0.4 is 5.56 Å². The van der Waals surface area contributed by atoms with Crippen LogP contribution in [-0.2, 0) is 0 Å². The summed E-state index contributed by atoms with van der Waals surface area (Å²) in [7, 11) is 0. The highest BCUT2D eigenvalue weighted by atomic mass is 19.2. The van der Waals surface area contributed by atoms with Gasteiger partial charge in [-0.05, 0) is 12.1 Å².